The molecule has 0 aromatic carbocycles. The summed E-state index contributed by atoms with van der Waals surface area (Å²) in [7, 11) is 4.08. The largest absolute Gasteiger partial charge is 0.481 e. The van der Waals surface area contributed by atoms with Crippen LogP contribution in [0.4, 0.5) is 13.2 Å². The van der Waals surface area contributed by atoms with E-state index < -0.39 is 34.0 Å². The molecule has 0 aromatic rings. The second-order valence-electron chi connectivity index (χ2n) is 6.31. The standard InChI is InChI=1S/C16H18BF3O3S/c17-15(16(18,19)20)6-2-1-3-13(8-15)12-5-4-11(7-12)9-24(23)10-14(21)22/h1-3,6,8,11-12H,4-5,7,9-10H2,(H,21,22). The van der Waals surface area contributed by atoms with Crippen molar-refractivity contribution in [3.05, 3.63) is 36.0 Å². The lowest BCUT2D eigenvalue weighted by atomic mass is 9.66. The molecular formula is C16H18BF3O3S. The smallest absolute Gasteiger partial charge is 0.393 e. The summed E-state index contributed by atoms with van der Waals surface area (Å²) in [5, 5.41) is 6.15. The van der Waals surface area contributed by atoms with E-state index in [0.717, 1.165) is 18.6 Å². The van der Waals surface area contributed by atoms with Crippen molar-refractivity contribution in [3.8, 4) is 0 Å². The molecule has 0 heterocycles. The van der Waals surface area contributed by atoms with Crippen LogP contribution in [0.25, 0.3) is 0 Å². The minimum absolute atomic E-state index is 0.0544. The van der Waals surface area contributed by atoms with Gasteiger partial charge in [-0.25, -0.2) is 0 Å². The fourth-order valence-corrected chi connectivity index (χ4v) is 4.39. The number of hydrogen-bond acceptors (Lipinski definition) is 2. The number of carboxylic acids is 1. The van der Waals surface area contributed by atoms with Crippen LogP contribution >= 0.6 is 0 Å². The fraction of sp³-hybridized carbons (Fsp3) is 0.562. The Morgan fingerprint density at radius 2 is 2.08 bits per heavy atom. The Morgan fingerprint density at radius 1 is 1.38 bits per heavy atom. The molecule has 1 N–H and O–H groups in total. The third-order valence-electron chi connectivity index (χ3n) is 4.39. The lowest BCUT2D eigenvalue weighted by Gasteiger charge is -2.27. The number of alkyl halides is 3. The molecule has 4 unspecified atom stereocenters. The number of allylic oxidation sites excluding steroid dienone is 6. The summed E-state index contributed by atoms with van der Waals surface area (Å²) in [6.45, 7) is 0. The Balaban J connectivity index is 2.07. The second-order valence-corrected chi connectivity index (χ2v) is 7.82. The Kier molecular flexibility index (Phi) is 5.78. The van der Waals surface area contributed by atoms with Crippen molar-refractivity contribution in [2.24, 2.45) is 11.8 Å². The van der Waals surface area contributed by atoms with Gasteiger partial charge in [0.25, 0.3) is 0 Å². The zero-order valence-corrected chi connectivity index (χ0v) is 13.8. The number of aliphatic carboxylic acids is 1. The minimum atomic E-state index is -4.58. The fourth-order valence-electron chi connectivity index (χ4n) is 3.17. The van der Waals surface area contributed by atoms with E-state index in [2.05, 4.69) is 0 Å². The number of carboxylic acid groups (broad SMARTS) is 1. The van der Waals surface area contributed by atoms with E-state index in [1.54, 1.807) is 12.2 Å². The Labute approximate surface area is 142 Å². The van der Waals surface area contributed by atoms with Crippen molar-refractivity contribution in [2.45, 2.75) is 30.8 Å². The van der Waals surface area contributed by atoms with Crippen LogP contribution in [-0.2, 0) is 15.6 Å². The molecule has 130 valence electrons. The zero-order chi connectivity index (χ0) is 18.0. The summed E-state index contributed by atoms with van der Waals surface area (Å²) in [5.41, 5.74) is 0.534. The average Bonchev–Trinajstić information content (AvgIpc) is 2.78. The zero-order valence-electron chi connectivity index (χ0n) is 13.0. The van der Waals surface area contributed by atoms with Gasteiger partial charge in [-0.15, -0.1) is 0 Å². The Morgan fingerprint density at radius 3 is 2.71 bits per heavy atom. The van der Waals surface area contributed by atoms with Crippen molar-refractivity contribution >= 4 is 24.6 Å². The molecule has 2 aliphatic rings. The third kappa shape index (κ3) is 4.62. The van der Waals surface area contributed by atoms with Crippen molar-refractivity contribution < 1.29 is 27.3 Å². The predicted octanol–water partition coefficient (Wildman–Crippen LogP) is 3.18. The molecule has 2 radical (unpaired) electrons. The summed E-state index contributed by atoms with van der Waals surface area (Å²) in [4.78, 5) is 10.6. The lowest BCUT2D eigenvalue weighted by Crippen LogP contribution is -2.28. The van der Waals surface area contributed by atoms with Gasteiger partial charge in [-0.2, -0.15) is 13.2 Å². The maximum Gasteiger partial charge on any atom is 0.393 e. The number of carbonyl (C=O) groups is 1. The first kappa shape index (κ1) is 19.0. The summed E-state index contributed by atoms with van der Waals surface area (Å²) >= 11 is 0. The van der Waals surface area contributed by atoms with E-state index in [0.29, 0.717) is 18.4 Å². The first-order valence-electron chi connectivity index (χ1n) is 7.62. The number of hydrogen-bond donors (Lipinski definition) is 1. The molecule has 24 heavy (non-hydrogen) atoms. The van der Waals surface area contributed by atoms with Gasteiger partial charge in [0.05, 0.1) is 13.2 Å². The highest BCUT2D eigenvalue weighted by Gasteiger charge is 2.47. The molecule has 0 spiro atoms. The predicted molar refractivity (Wildman–Crippen MR) is 87.2 cm³/mol. The summed E-state index contributed by atoms with van der Waals surface area (Å²) in [6, 6.07) is 0. The molecule has 4 atom stereocenters. The summed E-state index contributed by atoms with van der Waals surface area (Å²) in [6.07, 6.45) is 3.89. The first-order valence-corrected chi connectivity index (χ1v) is 9.10. The van der Waals surface area contributed by atoms with Crippen LogP contribution in [0.2, 0.25) is 5.31 Å². The van der Waals surface area contributed by atoms with Gasteiger partial charge in [0, 0.05) is 16.6 Å². The van der Waals surface area contributed by atoms with Crippen LogP contribution in [0.1, 0.15) is 19.3 Å². The molecule has 3 nitrogen and oxygen atoms in total. The molecule has 0 amide bonds. The van der Waals surface area contributed by atoms with Gasteiger partial charge in [-0.3, -0.25) is 9.00 Å². The number of rotatable bonds is 5. The molecule has 0 aromatic heterocycles. The molecule has 2 aliphatic carbocycles. The van der Waals surface area contributed by atoms with Crippen molar-refractivity contribution in [1.82, 2.24) is 0 Å². The number of halogens is 3. The monoisotopic (exact) mass is 358 g/mol. The second kappa shape index (κ2) is 7.29. The van der Waals surface area contributed by atoms with Gasteiger partial charge in [0.1, 0.15) is 5.75 Å². The van der Waals surface area contributed by atoms with E-state index in [1.807, 2.05) is 0 Å². The van der Waals surface area contributed by atoms with Crippen LogP contribution in [0.15, 0.2) is 36.0 Å². The molecule has 0 aliphatic heterocycles. The Hall–Kier alpha value is -1.31. The van der Waals surface area contributed by atoms with Gasteiger partial charge < -0.3 is 5.11 Å². The van der Waals surface area contributed by atoms with E-state index in [1.165, 1.54) is 6.08 Å². The highest BCUT2D eigenvalue weighted by atomic mass is 32.2. The highest BCUT2D eigenvalue weighted by molar-refractivity contribution is 7.85. The van der Waals surface area contributed by atoms with Gasteiger partial charge in [-0.1, -0.05) is 30.4 Å². The molecule has 0 saturated heterocycles. The van der Waals surface area contributed by atoms with E-state index in [4.69, 9.17) is 13.0 Å². The molecule has 0 bridgehead atoms. The molecule has 1 fully saturated rings. The van der Waals surface area contributed by atoms with Gasteiger partial charge in [0.2, 0.25) is 0 Å². The maximum atomic E-state index is 13.2. The topological polar surface area (TPSA) is 54.4 Å². The first-order chi connectivity index (χ1) is 11.1. The minimum Gasteiger partial charge on any atom is -0.481 e. The van der Waals surface area contributed by atoms with E-state index >= 15 is 0 Å². The lowest BCUT2D eigenvalue weighted by molar-refractivity contribution is -0.142. The maximum absolute atomic E-state index is 13.2. The normalized spacial score (nSPS) is 31.5. The quantitative estimate of drug-likeness (QED) is 0.768. The van der Waals surface area contributed by atoms with Crippen molar-refractivity contribution in [3.63, 3.8) is 0 Å². The van der Waals surface area contributed by atoms with E-state index in [9.17, 15) is 22.2 Å². The molecular weight excluding hydrogens is 340 g/mol. The third-order valence-corrected chi connectivity index (χ3v) is 5.80. The van der Waals surface area contributed by atoms with Crippen LogP contribution in [0.5, 0.6) is 0 Å². The van der Waals surface area contributed by atoms with Gasteiger partial charge in [0.15, 0.2) is 0 Å². The van der Waals surface area contributed by atoms with Crippen LogP contribution in [0, 0.1) is 11.8 Å². The SMILES string of the molecule is [B]C1(C(F)(F)F)C=CC=CC(C2CCC(CS(=O)CC(=O)O)C2)=C1. The highest BCUT2D eigenvalue weighted by Crippen LogP contribution is 2.48. The van der Waals surface area contributed by atoms with E-state index in [-0.39, 0.29) is 17.6 Å². The van der Waals surface area contributed by atoms with Gasteiger partial charge >= 0.3 is 12.1 Å². The summed E-state index contributed by atoms with van der Waals surface area (Å²) in [5.74, 6) is -1.27. The molecule has 1 saturated carbocycles. The van der Waals surface area contributed by atoms with Crippen LogP contribution < -0.4 is 0 Å². The molecule has 8 heteroatoms. The summed E-state index contributed by atoms with van der Waals surface area (Å²) < 4.78 is 51.3. The van der Waals surface area contributed by atoms with Crippen molar-refractivity contribution in [1.29, 1.82) is 0 Å². The Bertz CT molecular complexity index is 612. The van der Waals surface area contributed by atoms with Crippen molar-refractivity contribution in [2.75, 3.05) is 11.5 Å². The van der Waals surface area contributed by atoms with Crippen LogP contribution in [0.3, 0.4) is 0 Å². The average molecular weight is 358 g/mol. The van der Waals surface area contributed by atoms with Crippen LogP contribution in [-0.4, -0.2) is 40.8 Å². The molecule has 2 rings (SSSR count). The van der Waals surface area contributed by atoms with Gasteiger partial charge in [-0.05, 0) is 36.7 Å².